The highest BCUT2D eigenvalue weighted by Gasteiger charge is 2.30. The van der Waals surface area contributed by atoms with E-state index >= 15 is 0 Å². The zero-order valence-electron chi connectivity index (χ0n) is 14.3. The van der Waals surface area contributed by atoms with Crippen molar-refractivity contribution >= 4 is 27.5 Å². The lowest BCUT2D eigenvalue weighted by atomic mass is 9.80. The molecule has 0 saturated heterocycles. The molecule has 0 spiro atoms. The number of nitrogens with one attached hydrogen (secondary N) is 1. The number of aliphatic hydroxyl groups is 1. The number of aliphatic hydroxyl groups excluding tert-OH is 1. The molecule has 1 heterocycles. The molecule has 23 heavy (non-hydrogen) atoms. The Hall–Kier alpha value is -1.46. The van der Waals surface area contributed by atoms with Gasteiger partial charge in [-0.05, 0) is 18.1 Å². The summed E-state index contributed by atoms with van der Waals surface area (Å²) in [6, 6.07) is 8.01. The molecule has 1 amide bonds. The maximum Gasteiger partial charge on any atom is 0.220 e. The number of para-hydroxylation sites is 1. The van der Waals surface area contributed by atoms with Crippen molar-refractivity contribution in [3.63, 3.8) is 0 Å². The molecule has 2 rings (SSSR count). The standard InChI is InChI=1S/C18H26N2O2S/c1-12(2)17(22)18(3,4)11-19-15(21)9-10-16-20-13-7-5-6-8-14(13)23-16/h5-8,12,17,22H,9-11H2,1-4H3,(H,19,21). The zero-order valence-corrected chi connectivity index (χ0v) is 15.1. The molecule has 5 heteroatoms. The summed E-state index contributed by atoms with van der Waals surface area (Å²) in [5.74, 6) is 0.179. The van der Waals surface area contributed by atoms with Crippen LogP contribution in [-0.2, 0) is 11.2 Å². The van der Waals surface area contributed by atoms with E-state index in [2.05, 4.69) is 10.3 Å². The Balaban J connectivity index is 1.83. The second-order valence-electron chi connectivity index (χ2n) is 7.03. The van der Waals surface area contributed by atoms with E-state index in [4.69, 9.17) is 0 Å². The number of hydrogen-bond acceptors (Lipinski definition) is 4. The number of amides is 1. The first-order chi connectivity index (χ1) is 10.8. The van der Waals surface area contributed by atoms with Gasteiger partial charge in [0.25, 0.3) is 0 Å². The number of aryl methyl sites for hydroxylation is 1. The molecule has 0 bridgehead atoms. The average Bonchev–Trinajstić information content (AvgIpc) is 2.93. The third kappa shape index (κ3) is 4.75. The summed E-state index contributed by atoms with van der Waals surface area (Å²) in [5.41, 5.74) is 0.661. The van der Waals surface area contributed by atoms with Crippen molar-refractivity contribution in [3.05, 3.63) is 29.3 Å². The molecular formula is C18H26N2O2S. The Bertz CT molecular complexity index is 631. The van der Waals surface area contributed by atoms with Gasteiger partial charge >= 0.3 is 0 Å². The van der Waals surface area contributed by atoms with Crippen molar-refractivity contribution in [2.24, 2.45) is 11.3 Å². The van der Waals surface area contributed by atoms with Crippen LogP contribution in [0.15, 0.2) is 24.3 Å². The van der Waals surface area contributed by atoms with Crippen LogP contribution >= 0.6 is 11.3 Å². The van der Waals surface area contributed by atoms with Gasteiger partial charge in [0.2, 0.25) is 5.91 Å². The van der Waals surface area contributed by atoms with Gasteiger partial charge in [0, 0.05) is 24.8 Å². The van der Waals surface area contributed by atoms with Gasteiger partial charge in [-0.3, -0.25) is 4.79 Å². The summed E-state index contributed by atoms with van der Waals surface area (Å²) in [6.07, 6.45) is 0.638. The van der Waals surface area contributed by atoms with Crippen LogP contribution in [0, 0.1) is 11.3 Å². The topological polar surface area (TPSA) is 62.2 Å². The Labute approximate surface area is 141 Å². The van der Waals surface area contributed by atoms with Crippen LogP contribution in [0.5, 0.6) is 0 Å². The molecule has 0 fully saturated rings. The Morgan fingerprint density at radius 3 is 2.70 bits per heavy atom. The highest BCUT2D eigenvalue weighted by Crippen LogP contribution is 2.25. The number of carbonyl (C=O) groups is 1. The molecule has 0 aliphatic rings. The number of aromatic nitrogens is 1. The highest BCUT2D eigenvalue weighted by atomic mass is 32.1. The number of rotatable bonds is 7. The molecule has 4 nitrogen and oxygen atoms in total. The third-order valence-corrected chi connectivity index (χ3v) is 5.17. The van der Waals surface area contributed by atoms with Crippen molar-refractivity contribution in [1.82, 2.24) is 10.3 Å². The summed E-state index contributed by atoms with van der Waals surface area (Å²) >= 11 is 1.64. The summed E-state index contributed by atoms with van der Waals surface area (Å²) in [4.78, 5) is 16.6. The monoisotopic (exact) mass is 334 g/mol. The van der Waals surface area contributed by atoms with Crippen molar-refractivity contribution in [2.75, 3.05) is 6.54 Å². The number of thiazole rings is 1. The first kappa shape index (κ1) is 17.9. The van der Waals surface area contributed by atoms with E-state index in [9.17, 15) is 9.90 Å². The van der Waals surface area contributed by atoms with E-state index in [1.54, 1.807) is 11.3 Å². The third-order valence-electron chi connectivity index (χ3n) is 4.08. The highest BCUT2D eigenvalue weighted by molar-refractivity contribution is 7.18. The lowest BCUT2D eigenvalue weighted by Crippen LogP contribution is -2.43. The van der Waals surface area contributed by atoms with Crippen LogP contribution in [0.1, 0.15) is 39.1 Å². The first-order valence-corrected chi connectivity index (χ1v) is 8.90. The van der Waals surface area contributed by atoms with Gasteiger partial charge in [-0.1, -0.05) is 39.8 Å². The van der Waals surface area contributed by atoms with Gasteiger partial charge in [0.1, 0.15) is 0 Å². The second-order valence-corrected chi connectivity index (χ2v) is 8.14. The molecule has 126 valence electrons. The molecule has 0 aliphatic heterocycles. The van der Waals surface area contributed by atoms with Gasteiger partial charge < -0.3 is 10.4 Å². The van der Waals surface area contributed by atoms with Crippen LogP contribution in [0.25, 0.3) is 10.2 Å². The van der Waals surface area contributed by atoms with Crippen molar-refractivity contribution in [1.29, 1.82) is 0 Å². The summed E-state index contributed by atoms with van der Waals surface area (Å²) in [6.45, 7) is 8.41. The Morgan fingerprint density at radius 2 is 2.04 bits per heavy atom. The quantitative estimate of drug-likeness (QED) is 0.816. The summed E-state index contributed by atoms with van der Waals surface area (Å²) < 4.78 is 1.16. The predicted molar refractivity (Wildman–Crippen MR) is 95.6 cm³/mol. The molecule has 2 aromatic rings. The van der Waals surface area contributed by atoms with Crippen LogP contribution < -0.4 is 5.32 Å². The first-order valence-electron chi connectivity index (χ1n) is 8.09. The van der Waals surface area contributed by atoms with E-state index in [1.807, 2.05) is 52.0 Å². The maximum absolute atomic E-state index is 12.1. The fourth-order valence-electron chi connectivity index (χ4n) is 2.67. The number of hydrogen-bond donors (Lipinski definition) is 2. The molecular weight excluding hydrogens is 308 g/mol. The molecule has 0 aliphatic carbocycles. The largest absolute Gasteiger partial charge is 0.392 e. The lowest BCUT2D eigenvalue weighted by molar-refractivity contribution is -0.122. The Morgan fingerprint density at radius 1 is 1.35 bits per heavy atom. The van der Waals surface area contributed by atoms with E-state index in [0.717, 1.165) is 15.2 Å². The second kappa shape index (κ2) is 7.41. The molecule has 0 saturated carbocycles. The van der Waals surface area contributed by atoms with E-state index in [-0.39, 0.29) is 17.2 Å². The van der Waals surface area contributed by atoms with Gasteiger partial charge in [-0.25, -0.2) is 4.98 Å². The van der Waals surface area contributed by atoms with Crippen LogP contribution in [0.3, 0.4) is 0 Å². The zero-order chi connectivity index (χ0) is 17.0. The average molecular weight is 334 g/mol. The van der Waals surface area contributed by atoms with Gasteiger partial charge in [-0.15, -0.1) is 11.3 Å². The molecule has 1 aromatic heterocycles. The minimum atomic E-state index is -0.438. The molecule has 2 N–H and O–H groups in total. The van der Waals surface area contributed by atoms with E-state index in [1.165, 1.54) is 0 Å². The number of fused-ring (bicyclic) bond motifs is 1. The summed E-state index contributed by atoms with van der Waals surface area (Å²) in [7, 11) is 0. The smallest absolute Gasteiger partial charge is 0.220 e. The number of carbonyl (C=O) groups excluding carboxylic acids is 1. The predicted octanol–water partition coefficient (Wildman–Crippen LogP) is 3.39. The van der Waals surface area contributed by atoms with E-state index < -0.39 is 6.10 Å². The fraction of sp³-hybridized carbons (Fsp3) is 0.556. The number of nitrogens with zero attached hydrogens (tertiary/aromatic N) is 1. The number of benzene rings is 1. The minimum Gasteiger partial charge on any atom is -0.392 e. The molecule has 1 unspecified atom stereocenters. The van der Waals surface area contributed by atoms with Gasteiger partial charge in [-0.2, -0.15) is 0 Å². The van der Waals surface area contributed by atoms with Crippen LogP contribution in [-0.4, -0.2) is 28.6 Å². The van der Waals surface area contributed by atoms with Crippen molar-refractivity contribution in [2.45, 2.75) is 46.6 Å². The van der Waals surface area contributed by atoms with Crippen LogP contribution in [0.2, 0.25) is 0 Å². The minimum absolute atomic E-state index is 0.00767. The molecule has 1 aromatic carbocycles. The Kier molecular flexibility index (Phi) is 5.76. The SMILES string of the molecule is CC(C)C(O)C(C)(C)CNC(=O)CCc1nc2ccccc2s1. The fourth-order valence-corrected chi connectivity index (χ4v) is 3.64. The van der Waals surface area contributed by atoms with Gasteiger partial charge in [0.15, 0.2) is 0 Å². The van der Waals surface area contributed by atoms with Gasteiger partial charge in [0.05, 0.1) is 21.3 Å². The van der Waals surface area contributed by atoms with E-state index in [0.29, 0.717) is 19.4 Å². The normalized spacial score (nSPS) is 13.5. The van der Waals surface area contributed by atoms with Crippen LogP contribution in [0.4, 0.5) is 0 Å². The molecule has 0 radical (unpaired) electrons. The van der Waals surface area contributed by atoms with Crippen molar-refractivity contribution < 1.29 is 9.90 Å². The summed E-state index contributed by atoms with van der Waals surface area (Å²) in [5, 5.41) is 14.1. The molecule has 1 atom stereocenters. The van der Waals surface area contributed by atoms with Crippen molar-refractivity contribution in [3.8, 4) is 0 Å². The lowest BCUT2D eigenvalue weighted by Gasteiger charge is -2.33. The maximum atomic E-state index is 12.1.